The van der Waals surface area contributed by atoms with Gasteiger partial charge < -0.3 is 10.1 Å². The van der Waals surface area contributed by atoms with Gasteiger partial charge in [0.05, 0.1) is 19.3 Å². The molecule has 3 rings (SSSR count). The minimum absolute atomic E-state index is 0.202. The van der Waals surface area contributed by atoms with Gasteiger partial charge in [0.1, 0.15) is 11.6 Å². The molecule has 4 nitrogen and oxygen atoms in total. The third-order valence-corrected chi connectivity index (χ3v) is 4.65. The Kier molecular flexibility index (Phi) is 5.71. The molecule has 0 saturated heterocycles. The zero-order valence-corrected chi connectivity index (χ0v) is 15.6. The number of carbonyl (C=O) groups excluding carboxylic acids is 1. The summed E-state index contributed by atoms with van der Waals surface area (Å²) in [5, 5.41) is 2.66. The molecule has 0 radical (unpaired) electrons. The maximum absolute atomic E-state index is 13.9. The average Bonchev–Trinajstić information content (AvgIpc) is 3.42. The first-order valence-electron chi connectivity index (χ1n) is 8.17. The second kappa shape index (κ2) is 7.97. The topological polar surface area (TPSA) is 41.6 Å². The predicted octanol–water partition coefficient (Wildman–Crippen LogP) is 4.20. The summed E-state index contributed by atoms with van der Waals surface area (Å²) in [5.74, 6) is 0.155. The fourth-order valence-electron chi connectivity index (χ4n) is 2.68. The Bertz CT molecular complexity index is 748. The van der Waals surface area contributed by atoms with Gasteiger partial charge in [0.15, 0.2) is 0 Å². The molecule has 0 heterocycles. The fourth-order valence-corrected chi connectivity index (χ4v) is 3.02. The molecule has 0 aromatic heterocycles. The Labute approximate surface area is 155 Å². The van der Waals surface area contributed by atoms with Crippen molar-refractivity contribution in [2.75, 3.05) is 19.0 Å². The number of ether oxygens (including phenoxy) is 1. The van der Waals surface area contributed by atoms with Crippen molar-refractivity contribution in [2.45, 2.75) is 25.4 Å². The summed E-state index contributed by atoms with van der Waals surface area (Å²) in [6, 6.07) is 12.8. The highest BCUT2D eigenvalue weighted by Crippen LogP contribution is 2.28. The van der Waals surface area contributed by atoms with Gasteiger partial charge in [-0.15, -0.1) is 0 Å². The van der Waals surface area contributed by atoms with Crippen molar-refractivity contribution in [1.29, 1.82) is 0 Å². The number of nitrogens with one attached hydrogen (secondary N) is 1. The molecule has 1 amide bonds. The van der Waals surface area contributed by atoms with Crippen molar-refractivity contribution in [3.8, 4) is 5.75 Å². The maximum Gasteiger partial charge on any atom is 0.238 e. The van der Waals surface area contributed by atoms with Crippen LogP contribution in [-0.2, 0) is 11.3 Å². The van der Waals surface area contributed by atoms with Gasteiger partial charge in [-0.3, -0.25) is 9.69 Å². The number of methoxy groups -OCH3 is 1. The van der Waals surface area contributed by atoms with E-state index in [0.717, 1.165) is 24.2 Å². The van der Waals surface area contributed by atoms with Crippen molar-refractivity contribution in [3.63, 3.8) is 0 Å². The van der Waals surface area contributed by atoms with Crippen LogP contribution in [0.4, 0.5) is 10.1 Å². The van der Waals surface area contributed by atoms with Gasteiger partial charge in [0, 0.05) is 17.1 Å². The van der Waals surface area contributed by atoms with Crippen molar-refractivity contribution < 1.29 is 13.9 Å². The molecule has 2 aromatic carbocycles. The summed E-state index contributed by atoms with van der Waals surface area (Å²) < 4.78 is 19.7. The lowest BCUT2D eigenvalue weighted by molar-refractivity contribution is -0.117. The van der Waals surface area contributed by atoms with Crippen LogP contribution in [0.1, 0.15) is 18.4 Å². The predicted molar refractivity (Wildman–Crippen MR) is 99.2 cm³/mol. The quantitative estimate of drug-likeness (QED) is 0.748. The largest absolute Gasteiger partial charge is 0.497 e. The minimum Gasteiger partial charge on any atom is -0.497 e. The van der Waals surface area contributed by atoms with Crippen LogP contribution in [0.2, 0.25) is 0 Å². The third-order valence-electron chi connectivity index (χ3n) is 4.16. The normalized spacial score (nSPS) is 13.8. The Morgan fingerprint density at radius 1 is 1.28 bits per heavy atom. The van der Waals surface area contributed by atoms with Gasteiger partial charge >= 0.3 is 0 Å². The highest BCUT2D eigenvalue weighted by atomic mass is 79.9. The number of carbonyl (C=O) groups is 1. The first-order valence-corrected chi connectivity index (χ1v) is 8.96. The van der Waals surface area contributed by atoms with E-state index >= 15 is 0 Å². The molecule has 0 atom stereocenters. The summed E-state index contributed by atoms with van der Waals surface area (Å²) in [5.41, 5.74) is 1.32. The number of nitrogens with zero attached hydrogens (tertiary/aromatic N) is 1. The van der Waals surface area contributed by atoms with Crippen LogP contribution in [0.15, 0.2) is 46.9 Å². The van der Waals surface area contributed by atoms with Crippen LogP contribution in [-0.4, -0.2) is 30.5 Å². The summed E-state index contributed by atoms with van der Waals surface area (Å²) in [7, 11) is 1.64. The number of amides is 1. The molecule has 132 valence electrons. The molecule has 0 spiro atoms. The SMILES string of the molecule is COc1ccc(CN(CC(=O)Nc2ccc(Br)cc2F)C2CC2)cc1. The van der Waals surface area contributed by atoms with E-state index in [2.05, 4.69) is 26.1 Å². The van der Waals surface area contributed by atoms with Crippen molar-refractivity contribution in [3.05, 3.63) is 58.3 Å². The fraction of sp³-hybridized carbons (Fsp3) is 0.316. The molecule has 0 aliphatic heterocycles. The molecule has 1 aliphatic carbocycles. The van der Waals surface area contributed by atoms with E-state index in [-0.39, 0.29) is 18.1 Å². The lowest BCUT2D eigenvalue weighted by atomic mass is 10.2. The number of hydrogen-bond donors (Lipinski definition) is 1. The number of rotatable bonds is 7. The molecular formula is C19H20BrFN2O2. The lowest BCUT2D eigenvalue weighted by Crippen LogP contribution is -2.34. The van der Waals surface area contributed by atoms with Crippen molar-refractivity contribution >= 4 is 27.5 Å². The van der Waals surface area contributed by atoms with E-state index in [4.69, 9.17) is 4.74 Å². The van der Waals surface area contributed by atoms with Crippen LogP contribution in [0.3, 0.4) is 0 Å². The third kappa shape index (κ3) is 5.03. The Morgan fingerprint density at radius 3 is 2.60 bits per heavy atom. The molecule has 0 bridgehead atoms. The number of benzene rings is 2. The summed E-state index contributed by atoms with van der Waals surface area (Å²) in [4.78, 5) is 14.5. The average molecular weight is 407 g/mol. The standard InChI is InChI=1S/C19H20BrFN2O2/c1-25-16-7-2-13(3-8-16)11-23(15-5-6-15)12-19(24)22-18-9-4-14(20)10-17(18)21/h2-4,7-10,15H,5-6,11-12H2,1H3,(H,22,24). The molecule has 1 N–H and O–H groups in total. The monoisotopic (exact) mass is 406 g/mol. The Hall–Kier alpha value is -1.92. The van der Waals surface area contributed by atoms with Crippen LogP contribution in [0, 0.1) is 5.82 Å². The van der Waals surface area contributed by atoms with E-state index in [9.17, 15) is 9.18 Å². The minimum atomic E-state index is -0.448. The number of halogens is 2. The second-order valence-corrected chi connectivity index (χ2v) is 7.07. The Morgan fingerprint density at radius 2 is 2.00 bits per heavy atom. The molecule has 25 heavy (non-hydrogen) atoms. The highest BCUT2D eigenvalue weighted by molar-refractivity contribution is 9.10. The Balaban J connectivity index is 1.62. The molecule has 6 heteroatoms. The highest BCUT2D eigenvalue weighted by Gasteiger charge is 2.30. The van der Waals surface area contributed by atoms with Crippen molar-refractivity contribution in [2.24, 2.45) is 0 Å². The number of anilines is 1. The second-order valence-electron chi connectivity index (χ2n) is 6.16. The zero-order chi connectivity index (χ0) is 17.8. The molecular weight excluding hydrogens is 387 g/mol. The van der Waals surface area contributed by atoms with Gasteiger partial charge in [-0.05, 0) is 48.7 Å². The van der Waals surface area contributed by atoms with Crippen LogP contribution >= 0.6 is 15.9 Å². The smallest absolute Gasteiger partial charge is 0.238 e. The summed E-state index contributed by atoms with van der Waals surface area (Å²) >= 11 is 3.21. The zero-order valence-electron chi connectivity index (χ0n) is 14.0. The van der Waals surface area contributed by atoms with E-state index in [1.165, 1.54) is 6.07 Å². The maximum atomic E-state index is 13.9. The van der Waals surface area contributed by atoms with Gasteiger partial charge in [0.25, 0.3) is 0 Å². The van der Waals surface area contributed by atoms with Crippen LogP contribution in [0.25, 0.3) is 0 Å². The van der Waals surface area contributed by atoms with Gasteiger partial charge in [-0.25, -0.2) is 4.39 Å². The first-order chi connectivity index (χ1) is 12.0. The summed E-state index contributed by atoms with van der Waals surface area (Å²) in [6.07, 6.45) is 2.19. The van der Waals surface area contributed by atoms with E-state index in [1.807, 2.05) is 24.3 Å². The first kappa shape index (κ1) is 17.9. The molecule has 1 aliphatic rings. The van der Waals surface area contributed by atoms with E-state index in [0.29, 0.717) is 17.1 Å². The lowest BCUT2D eigenvalue weighted by Gasteiger charge is -2.21. The number of hydrogen-bond acceptors (Lipinski definition) is 3. The van der Waals surface area contributed by atoms with Gasteiger partial charge in [-0.2, -0.15) is 0 Å². The molecule has 2 aromatic rings. The van der Waals surface area contributed by atoms with E-state index in [1.54, 1.807) is 19.2 Å². The van der Waals surface area contributed by atoms with Crippen LogP contribution in [0.5, 0.6) is 5.75 Å². The molecule has 1 saturated carbocycles. The van der Waals surface area contributed by atoms with Crippen LogP contribution < -0.4 is 10.1 Å². The van der Waals surface area contributed by atoms with Gasteiger partial charge in [-0.1, -0.05) is 28.1 Å². The summed E-state index contributed by atoms with van der Waals surface area (Å²) in [6.45, 7) is 0.928. The molecule has 0 unspecified atom stereocenters. The molecule has 1 fully saturated rings. The van der Waals surface area contributed by atoms with Crippen molar-refractivity contribution in [1.82, 2.24) is 4.90 Å². The van der Waals surface area contributed by atoms with Gasteiger partial charge in [0.2, 0.25) is 5.91 Å². The van der Waals surface area contributed by atoms with E-state index < -0.39 is 5.82 Å².